The quantitative estimate of drug-likeness (QED) is 0.879. The van der Waals surface area contributed by atoms with Crippen LogP contribution in [0.4, 0.5) is 4.79 Å². The van der Waals surface area contributed by atoms with E-state index in [2.05, 4.69) is 10.3 Å². The van der Waals surface area contributed by atoms with E-state index < -0.39 is 5.60 Å². The van der Waals surface area contributed by atoms with Gasteiger partial charge in [-0.2, -0.15) is 0 Å². The van der Waals surface area contributed by atoms with Gasteiger partial charge in [0.25, 0.3) is 5.91 Å². The maximum Gasteiger partial charge on any atom is 0.407 e. The standard InChI is InChI=1S/C17H25N3O3/c1-17(2,3)23-16(22)19-13-7-6-11-9-20(10-12(11)13)15(21)14-5-4-8-18-14/h4-5,8,11-13,18H,6-7,9-10H2,1-3H3,(H,19,22)/t11-,12+,13+/m0/s1. The van der Waals surface area contributed by atoms with Gasteiger partial charge in [-0.3, -0.25) is 4.79 Å². The van der Waals surface area contributed by atoms with Crippen molar-refractivity contribution in [3.05, 3.63) is 24.0 Å². The summed E-state index contributed by atoms with van der Waals surface area (Å²) in [6.45, 7) is 7.04. The third-order valence-electron chi connectivity index (χ3n) is 4.67. The highest BCUT2D eigenvalue weighted by molar-refractivity contribution is 5.92. The number of ether oxygens (including phenoxy) is 1. The van der Waals surface area contributed by atoms with E-state index in [9.17, 15) is 9.59 Å². The smallest absolute Gasteiger partial charge is 0.407 e. The molecule has 2 amide bonds. The van der Waals surface area contributed by atoms with E-state index in [1.165, 1.54) is 0 Å². The van der Waals surface area contributed by atoms with Gasteiger partial charge in [-0.25, -0.2) is 4.79 Å². The summed E-state index contributed by atoms with van der Waals surface area (Å²) in [6, 6.07) is 3.72. The molecule has 1 aliphatic heterocycles. The van der Waals surface area contributed by atoms with Crippen LogP contribution >= 0.6 is 0 Å². The van der Waals surface area contributed by atoms with Crippen molar-refractivity contribution in [1.29, 1.82) is 0 Å². The lowest BCUT2D eigenvalue weighted by atomic mass is 9.98. The predicted molar refractivity (Wildman–Crippen MR) is 86.1 cm³/mol. The Morgan fingerprint density at radius 1 is 1.30 bits per heavy atom. The predicted octanol–water partition coefficient (Wildman–Crippen LogP) is 2.39. The van der Waals surface area contributed by atoms with Crippen molar-refractivity contribution in [3.63, 3.8) is 0 Å². The van der Waals surface area contributed by atoms with Crippen LogP contribution in [0.3, 0.4) is 0 Å². The number of hydrogen-bond donors (Lipinski definition) is 2. The minimum atomic E-state index is -0.493. The summed E-state index contributed by atoms with van der Waals surface area (Å²) in [6.07, 6.45) is 3.40. The first-order valence-electron chi connectivity index (χ1n) is 8.25. The average Bonchev–Trinajstić information content (AvgIpc) is 3.13. The molecule has 2 aliphatic rings. The SMILES string of the molecule is CC(C)(C)OC(=O)N[C@@H]1CC[C@H]2CN(C(=O)c3ccc[nH]3)C[C@H]21. The van der Waals surface area contributed by atoms with Crippen molar-refractivity contribution in [2.24, 2.45) is 11.8 Å². The highest BCUT2D eigenvalue weighted by atomic mass is 16.6. The summed E-state index contributed by atoms with van der Waals surface area (Å²) in [5.74, 6) is 0.829. The fourth-order valence-corrected chi connectivity index (χ4v) is 3.70. The van der Waals surface area contributed by atoms with E-state index in [1.807, 2.05) is 31.7 Å². The van der Waals surface area contributed by atoms with Crippen LogP contribution in [0.15, 0.2) is 18.3 Å². The topological polar surface area (TPSA) is 74.4 Å². The maximum absolute atomic E-state index is 12.4. The van der Waals surface area contributed by atoms with Crippen LogP contribution < -0.4 is 5.32 Å². The fourth-order valence-electron chi connectivity index (χ4n) is 3.70. The molecule has 0 bridgehead atoms. The molecule has 1 saturated heterocycles. The van der Waals surface area contributed by atoms with Crippen molar-refractivity contribution in [2.45, 2.75) is 45.3 Å². The lowest BCUT2D eigenvalue weighted by Crippen LogP contribution is -2.42. The lowest BCUT2D eigenvalue weighted by molar-refractivity contribution is 0.0491. The zero-order chi connectivity index (χ0) is 16.6. The number of carbonyl (C=O) groups excluding carboxylic acids is 2. The first-order chi connectivity index (χ1) is 10.8. The zero-order valence-electron chi connectivity index (χ0n) is 14.0. The summed E-state index contributed by atoms with van der Waals surface area (Å²) in [4.78, 5) is 29.3. The van der Waals surface area contributed by atoms with Gasteiger partial charge < -0.3 is 19.9 Å². The molecule has 0 unspecified atom stereocenters. The number of aromatic nitrogens is 1. The Labute approximate surface area is 136 Å². The third kappa shape index (κ3) is 3.51. The maximum atomic E-state index is 12.4. The van der Waals surface area contributed by atoms with Gasteiger partial charge in [0.05, 0.1) is 0 Å². The summed E-state index contributed by atoms with van der Waals surface area (Å²) in [5.41, 5.74) is 0.134. The highest BCUT2D eigenvalue weighted by Gasteiger charge is 2.45. The van der Waals surface area contributed by atoms with Crippen LogP contribution in [0.1, 0.15) is 44.1 Å². The number of aromatic amines is 1. The van der Waals surface area contributed by atoms with Crippen molar-refractivity contribution in [1.82, 2.24) is 15.2 Å². The number of nitrogens with one attached hydrogen (secondary N) is 2. The van der Waals surface area contributed by atoms with Crippen LogP contribution in [0, 0.1) is 11.8 Å². The van der Waals surface area contributed by atoms with Gasteiger partial charge in [-0.1, -0.05) is 0 Å². The molecule has 1 aromatic rings. The number of rotatable bonds is 2. The van der Waals surface area contributed by atoms with Crippen molar-refractivity contribution in [2.75, 3.05) is 13.1 Å². The van der Waals surface area contributed by atoms with Gasteiger partial charge >= 0.3 is 6.09 Å². The fraction of sp³-hybridized carbons (Fsp3) is 0.647. The second kappa shape index (κ2) is 5.91. The van der Waals surface area contributed by atoms with Gasteiger partial charge in [-0.05, 0) is 51.7 Å². The monoisotopic (exact) mass is 319 g/mol. The molecule has 0 radical (unpaired) electrons. The van der Waals surface area contributed by atoms with E-state index in [0.717, 1.165) is 19.4 Å². The Bertz CT molecular complexity index is 576. The van der Waals surface area contributed by atoms with Crippen molar-refractivity contribution >= 4 is 12.0 Å². The first-order valence-corrected chi connectivity index (χ1v) is 8.25. The third-order valence-corrected chi connectivity index (χ3v) is 4.67. The van der Waals surface area contributed by atoms with Gasteiger partial charge in [0.2, 0.25) is 0 Å². The Hall–Kier alpha value is -1.98. The van der Waals surface area contributed by atoms with Crippen molar-refractivity contribution < 1.29 is 14.3 Å². The van der Waals surface area contributed by atoms with E-state index in [-0.39, 0.29) is 18.0 Å². The largest absolute Gasteiger partial charge is 0.444 e. The molecule has 23 heavy (non-hydrogen) atoms. The van der Waals surface area contributed by atoms with Crippen molar-refractivity contribution in [3.8, 4) is 0 Å². The number of alkyl carbamates (subject to hydrolysis) is 1. The Kier molecular flexibility index (Phi) is 4.08. The molecule has 3 rings (SSSR count). The Morgan fingerprint density at radius 2 is 2.09 bits per heavy atom. The molecule has 6 heteroatoms. The van der Waals surface area contributed by atoms with Gasteiger partial charge in [-0.15, -0.1) is 0 Å². The number of hydrogen-bond acceptors (Lipinski definition) is 3. The minimum absolute atomic E-state index is 0.0421. The number of amides is 2. The second-order valence-electron chi connectivity index (χ2n) is 7.55. The number of nitrogens with zero attached hydrogens (tertiary/aromatic N) is 1. The Balaban J connectivity index is 1.59. The summed E-state index contributed by atoms with van der Waals surface area (Å²) in [7, 11) is 0. The molecule has 2 fully saturated rings. The second-order valence-corrected chi connectivity index (χ2v) is 7.55. The molecule has 3 atom stereocenters. The molecular formula is C17H25N3O3. The molecule has 2 heterocycles. The van der Waals surface area contributed by atoms with E-state index in [0.29, 0.717) is 24.1 Å². The highest BCUT2D eigenvalue weighted by Crippen LogP contribution is 2.38. The molecule has 6 nitrogen and oxygen atoms in total. The average molecular weight is 319 g/mol. The number of carbonyl (C=O) groups is 2. The summed E-state index contributed by atoms with van der Waals surface area (Å²) < 4.78 is 5.35. The summed E-state index contributed by atoms with van der Waals surface area (Å²) >= 11 is 0. The van der Waals surface area contributed by atoms with Crippen LogP contribution in [0.5, 0.6) is 0 Å². The number of likely N-dealkylation sites (tertiary alicyclic amines) is 1. The van der Waals surface area contributed by atoms with E-state index in [1.54, 1.807) is 12.3 Å². The summed E-state index contributed by atoms with van der Waals surface area (Å²) in [5, 5.41) is 2.99. The van der Waals surface area contributed by atoms with Gasteiger partial charge in [0, 0.05) is 31.2 Å². The molecule has 0 aromatic carbocycles. The molecule has 1 aromatic heterocycles. The van der Waals surface area contributed by atoms with E-state index >= 15 is 0 Å². The van der Waals surface area contributed by atoms with E-state index in [4.69, 9.17) is 4.74 Å². The molecule has 0 spiro atoms. The molecule has 2 N–H and O–H groups in total. The van der Waals surface area contributed by atoms with Crippen LogP contribution in [0.2, 0.25) is 0 Å². The van der Waals surface area contributed by atoms with Crippen LogP contribution in [0.25, 0.3) is 0 Å². The first kappa shape index (κ1) is 15.9. The lowest BCUT2D eigenvalue weighted by Gasteiger charge is -2.24. The minimum Gasteiger partial charge on any atom is -0.444 e. The molecule has 126 valence electrons. The molecule has 1 saturated carbocycles. The van der Waals surface area contributed by atoms with Crippen LogP contribution in [-0.4, -0.2) is 46.6 Å². The number of fused-ring (bicyclic) bond motifs is 1. The van der Waals surface area contributed by atoms with Gasteiger partial charge in [0.15, 0.2) is 0 Å². The molecular weight excluding hydrogens is 294 g/mol. The Morgan fingerprint density at radius 3 is 2.74 bits per heavy atom. The normalized spacial score (nSPS) is 26.9. The molecule has 1 aliphatic carbocycles. The van der Waals surface area contributed by atoms with Crippen LogP contribution in [-0.2, 0) is 4.74 Å². The van der Waals surface area contributed by atoms with Gasteiger partial charge in [0.1, 0.15) is 11.3 Å². The zero-order valence-corrected chi connectivity index (χ0v) is 14.0. The number of H-pyrrole nitrogens is 1.